The van der Waals surface area contributed by atoms with Gasteiger partial charge in [-0.05, 0) is 31.9 Å². The Morgan fingerprint density at radius 3 is 2.36 bits per heavy atom. The van der Waals surface area contributed by atoms with Gasteiger partial charge in [-0.25, -0.2) is 9.38 Å². The van der Waals surface area contributed by atoms with E-state index < -0.39 is 5.82 Å². The first kappa shape index (κ1) is 26.5. The Kier molecular flexibility index (Phi) is 10.5. The second-order valence-corrected chi connectivity index (χ2v) is 7.59. The van der Waals surface area contributed by atoms with E-state index in [2.05, 4.69) is 20.5 Å². The summed E-state index contributed by atoms with van der Waals surface area (Å²) >= 11 is 0. The number of nitrogens with one attached hydrogen (secondary N) is 2. The lowest BCUT2D eigenvalue weighted by Crippen LogP contribution is -2.48. The normalized spacial score (nSPS) is 14.2. The number of aliphatic imine (C=N–C) groups is 1. The lowest BCUT2D eigenvalue weighted by Gasteiger charge is -2.34. The molecule has 9 heteroatoms. The molecule has 0 amide bonds. The molecule has 1 heterocycles. The Balaban J connectivity index is 0.00000385. The molecule has 178 valence electrons. The van der Waals surface area contributed by atoms with Crippen LogP contribution in [0.2, 0.25) is 0 Å². The van der Waals surface area contributed by atoms with Crippen LogP contribution < -0.4 is 25.0 Å². The summed E-state index contributed by atoms with van der Waals surface area (Å²) in [5.41, 5.74) is 1.85. The Hall–Kier alpha value is -2.74. The molecule has 1 fully saturated rings. The second-order valence-electron chi connectivity index (χ2n) is 7.59. The molecule has 1 saturated heterocycles. The first-order valence-corrected chi connectivity index (χ1v) is 10.8. The summed E-state index contributed by atoms with van der Waals surface area (Å²) in [4.78, 5) is 6.86. The van der Waals surface area contributed by atoms with Crippen LogP contribution >= 0.6 is 24.0 Å². The van der Waals surface area contributed by atoms with Crippen molar-refractivity contribution < 1.29 is 13.9 Å². The van der Waals surface area contributed by atoms with Gasteiger partial charge < -0.3 is 25.0 Å². The number of nitrogens with zero attached hydrogens (tertiary/aromatic N) is 3. The zero-order valence-corrected chi connectivity index (χ0v) is 21.6. The highest BCUT2D eigenvalue weighted by Gasteiger charge is 2.21. The van der Waals surface area contributed by atoms with E-state index in [4.69, 9.17) is 14.7 Å². The van der Waals surface area contributed by atoms with Crippen molar-refractivity contribution in [1.29, 1.82) is 5.26 Å². The maximum Gasteiger partial charge on any atom is 0.191 e. The van der Waals surface area contributed by atoms with Gasteiger partial charge in [0, 0.05) is 55.1 Å². The summed E-state index contributed by atoms with van der Waals surface area (Å²) in [5, 5.41) is 15.6. The largest absolute Gasteiger partial charge is 0.497 e. The third-order valence-corrected chi connectivity index (χ3v) is 5.47. The Labute approximate surface area is 212 Å². The second kappa shape index (κ2) is 13.1. The van der Waals surface area contributed by atoms with Crippen molar-refractivity contribution in [3.05, 3.63) is 53.3 Å². The van der Waals surface area contributed by atoms with Crippen molar-refractivity contribution in [3.63, 3.8) is 0 Å². The number of piperidine rings is 1. The highest BCUT2D eigenvalue weighted by molar-refractivity contribution is 14.0. The predicted molar refractivity (Wildman–Crippen MR) is 139 cm³/mol. The number of ether oxygens (including phenoxy) is 2. The molecule has 0 aromatic heterocycles. The molecule has 1 aliphatic rings. The molecule has 0 bridgehead atoms. The molecule has 0 aliphatic carbocycles. The van der Waals surface area contributed by atoms with Crippen LogP contribution in [0.1, 0.15) is 30.9 Å². The lowest BCUT2D eigenvalue weighted by molar-refractivity contribution is 0.393. The number of nitriles is 1. The molecule has 2 aromatic rings. The first-order valence-electron chi connectivity index (χ1n) is 10.8. The Morgan fingerprint density at radius 2 is 1.82 bits per heavy atom. The number of hydrogen-bond donors (Lipinski definition) is 2. The van der Waals surface area contributed by atoms with Gasteiger partial charge in [-0.3, -0.25) is 0 Å². The van der Waals surface area contributed by atoms with E-state index in [1.165, 1.54) is 6.07 Å². The van der Waals surface area contributed by atoms with Crippen LogP contribution in [0.5, 0.6) is 11.5 Å². The van der Waals surface area contributed by atoms with Crippen LogP contribution in [0, 0.1) is 17.1 Å². The fraction of sp³-hybridized carbons (Fsp3) is 0.417. The van der Waals surface area contributed by atoms with Gasteiger partial charge in [-0.1, -0.05) is 6.07 Å². The number of rotatable bonds is 7. The Morgan fingerprint density at radius 1 is 1.15 bits per heavy atom. The standard InChI is InChI=1S/C24H30FN5O2.HI/c1-4-27-24(28-16-18-6-5-17(15-26)11-23(18)25)29-19-7-9-30(10-8-19)20-12-21(31-2)14-22(13-20)32-3;/h5-6,11-14,19H,4,7-10,16H2,1-3H3,(H2,27,28,29);1H. The van der Waals surface area contributed by atoms with E-state index in [9.17, 15) is 4.39 Å². The molecule has 3 rings (SSSR count). The molecule has 2 aromatic carbocycles. The van der Waals surface area contributed by atoms with Gasteiger partial charge in [0.25, 0.3) is 0 Å². The number of benzene rings is 2. The van der Waals surface area contributed by atoms with Crippen LogP contribution in [0.3, 0.4) is 0 Å². The summed E-state index contributed by atoms with van der Waals surface area (Å²) in [6, 6.07) is 12.6. The molecular weight excluding hydrogens is 536 g/mol. The molecule has 0 saturated carbocycles. The minimum absolute atomic E-state index is 0. The molecule has 7 nitrogen and oxygen atoms in total. The average Bonchev–Trinajstić information content (AvgIpc) is 2.83. The SMILES string of the molecule is CCNC(=NCc1ccc(C#N)cc1F)NC1CCN(c2cc(OC)cc(OC)c2)CC1.I. The fourth-order valence-corrected chi connectivity index (χ4v) is 3.68. The van der Waals surface area contributed by atoms with Gasteiger partial charge in [-0.2, -0.15) is 5.26 Å². The minimum Gasteiger partial charge on any atom is -0.497 e. The van der Waals surface area contributed by atoms with Gasteiger partial charge in [0.1, 0.15) is 17.3 Å². The molecule has 0 unspecified atom stereocenters. The van der Waals surface area contributed by atoms with Crippen molar-refractivity contribution in [2.75, 3.05) is 38.8 Å². The molecule has 0 atom stereocenters. The lowest BCUT2D eigenvalue weighted by atomic mass is 10.0. The van der Waals surface area contributed by atoms with Crippen molar-refractivity contribution in [2.45, 2.75) is 32.4 Å². The van der Waals surface area contributed by atoms with Gasteiger partial charge in [-0.15, -0.1) is 24.0 Å². The third kappa shape index (κ3) is 7.39. The average molecular weight is 567 g/mol. The van der Waals surface area contributed by atoms with Crippen LogP contribution in [0.4, 0.5) is 10.1 Å². The smallest absolute Gasteiger partial charge is 0.191 e. The van der Waals surface area contributed by atoms with Crippen molar-refractivity contribution in [2.24, 2.45) is 4.99 Å². The van der Waals surface area contributed by atoms with E-state index in [1.54, 1.807) is 26.4 Å². The Bertz CT molecular complexity index is 965. The predicted octanol–water partition coefficient (Wildman–Crippen LogP) is 4.06. The molecule has 33 heavy (non-hydrogen) atoms. The highest BCUT2D eigenvalue weighted by Crippen LogP contribution is 2.30. The van der Waals surface area contributed by atoms with Gasteiger partial charge in [0.05, 0.1) is 32.4 Å². The number of anilines is 1. The van der Waals surface area contributed by atoms with Gasteiger partial charge in [0.15, 0.2) is 5.96 Å². The quantitative estimate of drug-likeness (QED) is 0.299. The van der Waals surface area contributed by atoms with E-state index in [-0.39, 0.29) is 36.6 Å². The number of methoxy groups -OCH3 is 2. The number of guanidine groups is 1. The minimum atomic E-state index is -0.411. The molecule has 0 spiro atoms. The maximum atomic E-state index is 14.2. The van der Waals surface area contributed by atoms with Crippen LogP contribution in [-0.2, 0) is 6.54 Å². The van der Waals surface area contributed by atoms with E-state index in [1.807, 2.05) is 31.2 Å². The van der Waals surface area contributed by atoms with E-state index in [0.717, 1.165) is 43.1 Å². The van der Waals surface area contributed by atoms with E-state index in [0.29, 0.717) is 23.6 Å². The highest BCUT2D eigenvalue weighted by atomic mass is 127. The summed E-state index contributed by atoms with van der Waals surface area (Å²) < 4.78 is 24.9. The summed E-state index contributed by atoms with van der Waals surface area (Å²) in [6.07, 6.45) is 1.88. The van der Waals surface area contributed by atoms with Crippen molar-refractivity contribution in [3.8, 4) is 17.6 Å². The number of halogens is 2. The van der Waals surface area contributed by atoms with Crippen LogP contribution in [0.15, 0.2) is 41.4 Å². The molecular formula is C24H31FIN5O2. The van der Waals surface area contributed by atoms with Crippen LogP contribution in [-0.4, -0.2) is 45.9 Å². The number of hydrogen-bond acceptors (Lipinski definition) is 5. The zero-order valence-electron chi connectivity index (χ0n) is 19.2. The summed E-state index contributed by atoms with van der Waals surface area (Å²) in [6.45, 7) is 4.69. The van der Waals surface area contributed by atoms with Gasteiger partial charge in [0.2, 0.25) is 0 Å². The summed E-state index contributed by atoms with van der Waals surface area (Å²) in [5.74, 6) is 1.80. The maximum absolute atomic E-state index is 14.2. The van der Waals surface area contributed by atoms with Crippen LogP contribution in [0.25, 0.3) is 0 Å². The summed E-state index contributed by atoms with van der Waals surface area (Å²) in [7, 11) is 3.31. The first-order chi connectivity index (χ1) is 15.6. The molecule has 1 aliphatic heterocycles. The topological polar surface area (TPSA) is 81.9 Å². The third-order valence-electron chi connectivity index (χ3n) is 5.47. The zero-order chi connectivity index (χ0) is 22.9. The molecule has 2 N–H and O–H groups in total. The van der Waals surface area contributed by atoms with Crippen molar-refractivity contribution in [1.82, 2.24) is 10.6 Å². The van der Waals surface area contributed by atoms with Gasteiger partial charge >= 0.3 is 0 Å². The monoisotopic (exact) mass is 567 g/mol. The molecule has 0 radical (unpaired) electrons. The van der Waals surface area contributed by atoms with Crippen molar-refractivity contribution >= 4 is 35.6 Å². The van der Waals surface area contributed by atoms with E-state index >= 15 is 0 Å². The fourth-order valence-electron chi connectivity index (χ4n) is 3.68.